The van der Waals surface area contributed by atoms with E-state index in [4.69, 9.17) is 9.94 Å². The largest absolute Gasteiger partial charge is 1.00 e. The first-order valence-corrected chi connectivity index (χ1v) is 12.9. The number of rotatable bonds is 7. The van der Waals surface area contributed by atoms with Gasteiger partial charge in [-0.25, -0.2) is 23.8 Å². The number of benzene rings is 3. The van der Waals surface area contributed by atoms with Crippen LogP contribution in [0.15, 0.2) is 107 Å². The van der Waals surface area contributed by atoms with Crippen LogP contribution in [0.4, 0.5) is 19.3 Å². The number of hydrogen-bond acceptors (Lipinski definition) is 8. The fourth-order valence-electron chi connectivity index (χ4n) is 4.27. The van der Waals surface area contributed by atoms with Crippen molar-refractivity contribution in [3.63, 3.8) is 0 Å². The summed E-state index contributed by atoms with van der Waals surface area (Å²) < 4.78 is 26.0. The SMILES string of the molecule is C/C(=N\NC(=O)Nc1cc(F)cc(F)c1)c1ncccc1C(=O)[O-].O=C(O)C1=NOC(c2ccccc2)(c2ccccc2)C1.[Na+]. The van der Waals surface area contributed by atoms with Gasteiger partial charge in [0, 0.05) is 34.6 Å². The van der Waals surface area contributed by atoms with Gasteiger partial charge in [0.1, 0.15) is 11.6 Å². The van der Waals surface area contributed by atoms with Gasteiger partial charge in [0.25, 0.3) is 0 Å². The molecule has 2 heterocycles. The first-order valence-electron chi connectivity index (χ1n) is 12.9. The number of nitrogens with one attached hydrogen (secondary N) is 2. The molecule has 224 valence electrons. The number of nitrogens with zero attached hydrogens (tertiary/aromatic N) is 3. The van der Waals surface area contributed by atoms with Crippen LogP contribution in [0.25, 0.3) is 0 Å². The number of anilines is 1. The topological polar surface area (TPSA) is 165 Å². The number of carbonyl (C=O) groups excluding carboxylic acids is 2. The van der Waals surface area contributed by atoms with Gasteiger partial charge in [-0.2, -0.15) is 5.10 Å². The molecule has 11 nitrogen and oxygen atoms in total. The predicted octanol–water partition coefficient (Wildman–Crippen LogP) is 1.06. The standard InChI is InChI=1S/C16H13NO3.C15H12F2N4O3.Na/c18-15(19)14-11-16(20-17-14,12-7-3-1-4-8-12)13-9-5-2-6-10-13;1-8(13-12(14(22)23)3-2-4-18-13)20-21-15(24)19-11-6-9(16)5-10(17)7-11;/h1-10H,11H2,(H,18,19);2-7H,1H3,(H,22,23)(H2,19,21,24);/q;;+1/p-1/b;20-8+;. The number of carboxylic acids is 2. The number of aromatic nitrogens is 1. The number of carbonyl (C=O) groups is 3. The Morgan fingerprint density at radius 2 is 1.51 bits per heavy atom. The van der Waals surface area contributed by atoms with Crippen LogP contribution in [0.2, 0.25) is 0 Å². The van der Waals surface area contributed by atoms with Gasteiger partial charge >= 0.3 is 41.6 Å². The third-order valence-electron chi connectivity index (χ3n) is 6.27. The molecule has 14 heteroatoms. The molecule has 0 fully saturated rings. The molecule has 0 radical (unpaired) electrons. The smallest absolute Gasteiger partial charge is 0.545 e. The van der Waals surface area contributed by atoms with E-state index in [9.17, 15) is 28.3 Å². The number of oxime groups is 1. The normalized spacial score (nSPS) is 13.1. The Morgan fingerprint density at radius 1 is 0.933 bits per heavy atom. The monoisotopic (exact) mass is 623 g/mol. The van der Waals surface area contributed by atoms with Crippen molar-refractivity contribution < 1.29 is 67.8 Å². The van der Waals surface area contributed by atoms with Crippen LogP contribution in [0.5, 0.6) is 0 Å². The second-order valence-electron chi connectivity index (χ2n) is 9.28. The van der Waals surface area contributed by atoms with E-state index in [0.717, 1.165) is 23.3 Å². The van der Waals surface area contributed by atoms with Crippen molar-refractivity contribution in [2.24, 2.45) is 10.3 Å². The molecule has 5 rings (SSSR count). The molecule has 1 aliphatic heterocycles. The molecule has 0 atom stereocenters. The van der Waals surface area contributed by atoms with Crippen molar-refractivity contribution in [2.75, 3.05) is 5.32 Å². The molecule has 0 spiro atoms. The van der Waals surface area contributed by atoms with E-state index in [1.807, 2.05) is 60.7 Å². The van der Waals surface area contributed by atoms with E-state index in [1.165, 1.54) is 25.3 Å². The molecule has 1 aliphatic rings. The average Bonchev–Trinajstić information content (AvgIpc) is 3.48. The van der Waals surface area contributed by atoms with Gasteiger partial charge in [0.15, 0.2) is 11.3 Å². The van der Waals surface area contributed by atoms with E-state index < -0.39 is 35.2 Å². The Bertz CT molecular complexity index is 1680. The minimum absolute atomic E-state index is 0. The van der Waals surface area contributed by atoms with E-state index in [2.05, 4.69) is 26.0 Å². The van der Waals surface area contributed by atoms with Crippen LogP contribution in [0.3, 0.4) is 0 Å². The van der Waals surface area contributed by atoms with Gasteiger partial charge in [-0.05, 0) is 31.2 Å². The maximum absolute atomic E-state index is 13.0. The molecule has 3 aromatic carbocycles. The summed E-state index contributed by atoms with van der Waals surface area (Å²) in [5.74, 6) is -4.18. The minimum Gasteiger partial charge on any atom is -0.545 e. The van der Waals surface area contributed by atoms with Crippen molar-refractivity contribution in [2.45, 2.75) is 18.9 Å². The van der Waals surface area contributed by atoms with E-state index in [0.29, 0.717) is 6.07 Å². The van der Waals surface area contributed by atoms with Crippen LogP contribution in [-0.4, -0.2) is 39.5 Å². The number of pyridine rings is 1. The molecule has 1 aromatic heterocycles. The van der Waals surface area contributed by atoms with Crippen molar-refractivity contribution in [1.29, 1.82) is 0 Å². The molecule has 4 aromatic rings. The van der Waals surface area contributed by atoms with E-state index in [-0.39, 0.29) is 64.3 Å². The zero-order valence-corrected chi connectivity index (χ0v) is 26.0. The van der Waals surface area contributed by atoms with Crippen molar-refractivity contribution in [3.8, 4) is 0 Å². The van der Waals surface area contributed by atoms with Crippen LogP contribution < -0.4 is 45.4 Å². The molecular formula is C31H24F2N5NaO6. The summed E-state index contributed by atoms with van der Waals surface area (Å²) in [5, 5.41) is 29.8. The van der Waals surface area contributed by atoms with Gasteiger partial charge in [-0.1, -0.05) is 65.8 Å². The maximum atomic E-state index is 13.0. The van der Waals surface area contributed by atoms with Gasteiger partial charge in [-0.3, -0.25) is 4.98 Å². The first kappa shape index (κ1) is 34.5. The third kappa shape index (κ3) is 8.79. The van der Waals surface area contributed by atoms with Crippen molar-refractivity contribution in [1.82, 2.24) is 10.4 Å². The molecule has 0 bridgehead atoms. The van der Waals surface area contributed by atoms with Gasteiger partial charge < -0.3 is 25.2 Å². The zero-order valence-electron chi connectivity index (χ0n) is 24.0. The Morgan fingerprint density at radius 3 is 2.02 bits per heavy atom. The zero-order chi connectivity index (χ0) is 31.7. The Balaban J connectivity index is 0.000000243. The minimum atomic E-state index is -1.44. The fraction of sp³-hybridized carbons (Fsp3) is 0.0968. The quantitative estimate of drug-likeness (QED) is 0.157. The van der Waals surface area contributed by atoms with Crippen molar-refractivity contribution in [3.05, 3.63) is 131 Å². The fourth-order valence-corrected chi connectivity index (χ4v) is 4.27. The molecule has 0 aliphatic carbocycles. The van der Waals surface area contributed by atoms with Gasteiger partial charge in [0.05, 0.1) is 23.8 Å². The number of aromatic carboxylic acids is 1. The molecule has 45 heavy (non-hydrogen) atoms. The van der Waals surface area contributed by atoms with Crippen LogP contribution in [-0.2, 0) is 15.2 Å². The second kappa shape index (κ2) is 15.7. The van der Waals surface area contributed by atoms with Crippen molar-refractivity contribution >= 4 is 35.1 Å². The number of amides is 2. The van der Waals surface area contributed by atoms with E-state index >= 15 is 0 Å². The second-order valence-corrected chi connectivity index (χ2v) is 9.28. The number of halogens is 2. The summed E-state index contributed by atoms with van der Waals surface area (Å²) >= 11 is 0. The van der Waals surface area contributed by atoms with Crippen LogP contribution in [0.1, 0.15) is 40.5 Å². The maximum Gasteiger partial charge on any atom is 1.00 e. The number of hydrazone groups is 1. The molecule has 0 saturated heterocycles. The summed E-state index contributed by atoms with van der Waals surface area (Å²) in [4.78, 5) is 43.3. The summed E-state index contributed by atoms with van der Waals surface area (Å²) in [6, 6.07) is 23.5. The Kier molecular flexibility index (Phi) is 12.0. The summed E-state index contributed by atoms with van der Waals surface area (Å²) in [6.45, 7) is 1.43. The third-order valence-corrected chi connectivity index (χ3v) is 6.27. The molecule has 3 N–H and O–H groups in total. The number of hydrogen-bond donors (Lipinski definition) is 3. The summed E-state index contributed by atoms with van der Waals surface area (Å²) in [7, 11) is 0. The predicted molar refractivity (Wildman–Crippen MR) is 154 cm³/mol. The molecule has 2 amide bonds. The Hall–Kier alpha value is -4.98. The molecule has 0 unspecified atom stereocenters. The van der Waals surface area contributed by atoms with Crippen LogP contribution >= 0.6 is 0 Å². The van der Waals surface area contributed by atoms with Gasteiger partial charge in [-0.15, -0.1) is 0 Å². The first-order chi connectivity index (χ1) is 21.1. The number of urea groups is 1. The van der Waals surface area contributed by atoms with E-state index in [1.54, 1.807) is 0 Å². The van der Waals surface area contributed by atoms with Gasteiger partial charge in [0.2, 0.25) is 0 Å². The van der Waals surface area contributed by atoms with Crippen LogP contribution in [0, 0.1) is 11.6 Å². The summed E-state index contributed by atoms with van der Waals surface area (Å²) in [5.41, 5.74) is 2.89. The summed E-state index contributed by atoms with van der Waals surface area (Å²) in [6.07, 6.45) is 1.58. The molecule has 0 saturated carbocycles. The average molecular weight is 624 g/mol. The Labute approximate surface area is 277 Å². The number of carboxylic acid groups (broad SMARTS) is 2. The molecular weight excluding hydrogens is 599 g/mol. The number of aliphatic carboxylic acids is 1.